The Labute approximate surface area is 184 Å². The molecule has 0 aliphatic rings. The third-order valence-corrected chi connectivity index (χ3v) is 5.84. The van der Waals surface area contributed by atoms with Crippen LogP contribution in [-0.2, 0) is 27.1 Å². The summed E-state index contributed by atoms with van der Waals surface area (Å²) in [6, 6.07) is 0.664. The summed E-state index contributed by atoms with van der Waals surface area (Å²) in [7, 11) is -1.56. The van der Waals surface area contributed by atoms with E-state index in [-0.39, 0.29) is 17.7 Å². The number of ether oxygens (including phenoxy) is 1. The molecule has 0 spiro atoms. The predicted molar refractivity (Wildman–Crippen MR) is 115 cm³/mol. The van der Waals surface area contributed by atoms with Gasteiger partial charge in [0, 0.05) is 17.3 Å². The highest BCUT2D eigenvalue weighted by Gasteiger charge is 2.33. The standard InChI is InChI=1S/C21H30FN3O5S/c1-12-17(13-8-9-23-19(22)14(13)11-26)18(30-24-12)15(25-31(28)21(5,6)7)10-16(27)29-20(2,3)4/h8-9,15,25-26H,10-11H2,1-7H3/t15-,31?/m0/s1. The number of hydrogen-bond donors (Lipinski definition) is 2. The molecule has 0 aromatic carbocycles. The van der Waals surface area contributed by atoms with Gasteiger partial charge in [0.15, 0.2) is 5.76 Å². The normalized spacial score (nSPS) is 14.4. The third-order valence-electron chi connectivity index (χ3n) is 4.23. The molecule has 0 bridgehead atoms. The smallest absolute Gasteiger partial charge is 0.308 e. The molecule has 0 aliphatic carbocycles. The summed E-state index contributed by atoms with van der Waals surface area (Å²) >= 11 is 0. The van der Waals surface area contributed by atoms with E-state index in [0.29, 0.717) is 16.8 Å². The Kier molecular flexibility index (Phi) is 7.72. The zero-order valence-corrected chi connectivity index (χ0v) is 19.7. The number of aliphatic hydroxyl groups is 1. The zero-order valence-electron chi connectivity index (χ0n) is 18.9. The van der Waals surface area contributed by atoms with Crippen LogP contribution in [0.25, 0.3) is 11.1 Å². The minimum absolute atomic E-state index is 0.0250. The van der Waals surface area contributed by atoms with E-state index < -0.39 is 45.9 Å². The number of nitrogens with one attached hydrogen (secondary N) is 1. The van der Waals surface area contributed by atoms with Crippen LogP contribution < -0.4 is 4.72 Å². The van der Waals surface area contributed by atoms with Gasteiger partial charge < -0.3 is 14.4 Å². The molecular formula is C21H30FN3O5S. The van der Waals surface area contributed by atoms with Crippen molar-refractivity contribution in [2.45, 2.75) is 77.9 Å². The Balaban J connectivity index is 2.56. The fraction of sp³-hybridized carbons (Fsp3) is 0.571. The first-order valence-corrected chi connectivity index (χ1v) is 11.0. The molecule has 2 rings (SSSR count). The second kappa shape index (κ2) is 9.54. The van der Waals surface area contributed by atoms with E-state index in [9.17, 15) is 18.5 Å². The van der Waals surface area contributed by atoms with E-state index >= 15 is 0 Å². The van der Waals surface area contributed by atoms with Gasteiger partial charge in [-0.3, -0.25) is 4.79 Å². The van der Waals surface area contributed by atoms with Crippen LogP contribution >= 0.6 is 0 Å². The van der Waals surface area contributed by atoms with Crippen molar-refractivity contribution in [3.05, 3.63) is 35.2 Å². The second-order valence-corrected chi connectivity index (χ2v) is 11.1. The second-order valence-electron chi connectivity index (χ2n) is 9.14. The minimum atomic E-state index is -1.56. The summed E-state index contributed by atoms with van der Waals surface area (Å²) in [4.78, 5) is 16.2. The van der Waals surface area contributed by atoms with Crippen molar-refractivity contribution in [3.63, 3.8) is 0 Å². The van der Waals surface area contributed by atoms with E-state index in [1.165, 1.54) is 12.3 Å². The number of aromatic nitrogens is 2. The maximum absolute atomic E-state index is 14.2. The third kappa shape index (κ3) is 6.41. The summed E-state index contributed by atoms with van der Waals surface area (Å²) in [6.07, 6.45) is 1.08. The molecule has 0 saturated heterocycles. The van der Waals surface area contributed by atoms with Crippen molar-refractivity contribution < 1.29 is 27.8 Å². The molecule has 2 aromatic heterocycles. The lowest BCUT2D eigenvalue weighted by atomic mass is 9.96. The number of aryl methyl sites for hydroxylation is 1. The van der Waals surface area contributed by atoms with Crippen molar-refractivity contribution >= 4 is 17.0 Å². The monoisotopic (exact) mass is 455 g/mol. The molecule has 2 heterocycles. The van der Waals surface area contributed by atoms with Crippen LogP contribution in [0.15, 0.2) is 16.8 Å². The molecule has 0 saturated carbocycles. The maximum Gasteiger partial charge on any atom is 0.308 e. The lowest BCUT2D eigenvalue weighted by Crippen LogP contribution is -2.37. The van der Waals surface area contributed by atoms with Gasteiger partial charge in [-0.1, -0.05) is 5.16 Å². The fourth-order valence-electron chi connectivity index (χ4n) is 2.85. The summed E-state index contributed by atoms with van der Waals surface area (Å²) in [5.74, 6) is -1.15. The number of nitrogens with zero attached hydrogens (tertiary/aromatic N) is 2. The highest BCUT2D eigenvalue weighted by atomic mass is 32.2. The van der Waals surface area contributed by atoms with Crippen molar-refractivity contribution in [1.29, 1.82) is 0 Å². The van der Waals surface area contributed by atoms with Gasteiger partial charge in [-0.2, -0.15) is 4.39 Å². The molecular weight excluding hydrogens is 425 g/mol. The van der Waals surface area contributed by atoms with Crippen molar-refractivity contribution in [1.82, 2.24) is 14.9 Å². The van der Waals surface area contributed by atoms with Crippen LogP contribution in [0.5, 0.6) is 0 Å². The van der Waals surface area contributed by atoms with Gasteiger partial charge in [0.25, 0.3) is 0 Å². The van der Waals surface area contributed by atoms with Gasteiger partial charge in [-0.15, -0.1) is 0 Å². The number of halogens is 1. The van der Waals surface area contributed by atoms with Crippen LogP contribution in [0.2, 0.25) is 0 Å². The number of hydrogen-bond acceptors (Lipinski definition) is 7. The highest BCUT2D eigenvalue weighted by molar-refractivity contribution is 7.84. The van der Waals surface area contributed by atoms with Crippen molar-refractivity contribution in [3.8, 4) is 11.1 Å². The van der Waals surface area contributed by atoms with Gasteiger partial charge in [-0.05, 0) is 60.1 Å². The van der Waals surface area contributed by atoms with Gasteiger partial charge in [0.05, 0.1) is 40.5 Å². The van der Waals surface area contributed by atoms with E-state index in [1.54, 1.807) is 48.5 Å². The maximum atomic E-state index is 14.2. The molecule has 8 nitrogen and oxygen atoms in total. The first-order chi connectivity index (χ1) is 14.2. The quantitative estimate of drug-likeness (QED) is 0.485. The van der Waals surface area contributed by atoms with Crippen LogP contribution in [-0.4, -0.2) is 35.8 Å². The summed E-state index contributed by atoms with van der Waals surface area (Å²) < 4.78 is 40.3. The first-order valence-electron chi connectivity index (χ1n) is 9.85. The van der Waals surface area contributed by atoms with Crippen molar-refractivity contribution in [2.75, 3.05) is 0 Å². The molecule has 2 aromatic rings. The molecule has 0 aliphatic heterocycles. The first kappa shape index (κ1) is 25.1. The fourth-order valence-corrected chi connectivity index (χ4v) is 3.65. The molecule has 0 fully saturated rings. The van der Waals surface area contributed by atoms with Crippen LogP contribution in [0.1, 0.15) is 71.0 Å². The predicted octanol–water partition coefficient (Wildman–Crippen LogP) is 3.50. The largest absolute Gasteiger partial charge is 0.460 e. The molecule has 10 heteroatoms. The van der Waals surface area contributed by atoms with Gasteiger partial charge in [0.2, 0.25) is 5.95 Å². The van der Waals surface area contributed by atoms with E-state index in [4.69, 9.17) is 9.26 Å². The molecule has 0 amide bonds. The van der Waals surface area contributed by atoms with Crippen LogP contribution in [0, 0.1) is 12.9 Å². The number of carbonyl (C=O) groups excluding carboxylic acids is 1. The Morgan fingerprint density at radius 2 is 1.97 bits per heavy atom. The van der Waals surface area contributed by atoms with Crippen molar-refractivity contribution in [2.24, 2.45) is 0 Å². The number of esters is 1. The molecule has 172 valence electrons. The Bertz CT molecular complexity index is 963. The topological polar surface area (TPSA) is 115 Å². The Hall–Kier alpha value is -2.17. The van der Waals surface area contributed by atoms with E-state index in [2.05, 4.69) is 14.9 Å². The van der Waals surface area contributed by atoms with Gasteiger partial charge >= 0.3 is 5.97 Å². The number of carbonyl (C=O) groups is 1. The Morgan fingerprint density at radius 1 is 1.32 bits per heavy atom. The highest BCUT2D eigenvalue weighted by Crippen LogP contribution is 2.36. The summed E-state index contributed by atoms with van der Waals surface area (Å²) in [6.45, 7) is 11.7. The Morgan fingerprint density at radius 3 is 2.52 bits per heavy atom. The number of pyridine rings is 1. The van der Waals surface area contributed by atoms with Gasteiger partial charge in [-0.25, -0.2) is 13.9 Å². The molecule has 1 unspecified atom stereocenters. The molecule has 2 atom stereocenters. The SMILES string of the molecule is Cc1noc([C@H](CC(=O)OC(C)(C)C)NS(=O)C(C)(C)C)c1-c1ccnc(F)c1CO. The average Bonchev–Trinajstić information content (AvgIpc) is 2.99. The molecule has 2 N–H and O–H groups in total. The lowest BCUT2D eigenvalue weighted by molar-refractivity contribution is -0.155. The average molecular weight is 456 g/mol. The number of aliphatic hydroxyl groups excluding tert-OH is 1. The van der Waals surface area contributed by atoms with Crippen LogP contribution in [0.3, 0.4) is 0 Å². The van der Waals surface area contributed by atoms with Gasteiger partial charge in [0.1, 0.15) is 5.60 Å². The molecule has 0 radical (unpaired) electrons. The van der Waals surface area contributed by atoms with Crippen LogP contribution in [0.4, 0.5) is 4.39 Å². The summed E-state index contributed by atoms with van der Waals surface area (Å²) in [5.41, 5.74) is 0.429. The minimum Gasteiger partial charge on any atom is -0.460 e. The molecule has 31 heavy (non-hydrogen) atoms. The number of rotatable bonds is 7. The van der Waals surface area contributed by atoms with E-state index in [1.807, 2.05) is 0 Å². The lowest BCUT2D eigenvalue weighted by Gasteiger charge is -2.25. The summed E-state index contributed by atoms with van der Waals surface area (Å²) in [5, 5.41) is 13.7. The van der Waals surface area contributed by atoms with E-state index in [0.717, 1.165) is 0 Å². The zero-order chi connectivity index (χ0) is 23.6.